The fraction of sp³-hybridized carbons (Fsp3) is 0.364. The third kappa shape index (κ3) is 1.22. The second-order valence-electron chi connectivity index (χ2n) is 3.96. The number of nitriles is 1. The maximum absolute atomic E-state index is 8.77. The minimum absolute atomic E-state index is 0.0161. The highest BCUT2D eigenvalue weighted by Gasteiger charge is 2.28. The molecule has 0 unspecified atom stereocenters. The molecule has 1 N–H and O–H groups in total. The Morgan fingerprint density at radius 1 is 1.46 bits per heavy atom. The van der Waals surface area contributed by atoms with E-state index >= 15 is 0 Å². The van der Waals surface area contributed by atoms with Crippen LogP contribution in [-0.2, 0) is 12.1 Å². The summed E-state index contributed by atoms with van der Waals surface area (Å²) in [4.78, 5) is 0. The fourth-order valence-electron chi connectivity index (χ4n) is 1.79. The van der Waals surface area contributed by atoms with Gasteiger partial charge in [-0.25, -0.2) is 0 Å². The summed E-state index contributed by atoms with van der Waals surface area (Å²) >= 11 is 0. The molecule has 0 amide bonds. The minimum Gasteiger partial charge on any atom is -0.304 e. The minimum atomic E-state index is 0.0161. The first-order valence-corrected chi connectivity index (χ1v) is 4.42. The summed E-state index contributed by atoms with van der Waals surface area (Å²) in [6.45, 7) is 5.19. The predicted molar refractivity (Wildman–Crippen MR) is 51.0 cm³/mol. The van der Waals surface area contributed by atoms with E-state index in [0.29, 0.717) is 0 Å². The molecule has 66 valence electrons. The Morgan fingerprint density at radius 2 is 2.23 bits per heavy atom. The van der Waals surface area contributed by atoms with Crippen molar-refractivity contribution in [1.82, 2.24) is 5.32 Å². The van der Waals surface area contributed by atoms with Crippen LogP contribution in [0, 0.1) is 11.3 Å². The number of nitrogens with one attached hydrogen (secondary N) is 1. The molecule has 1 aromatic rings. The van der Waals surface area contributed by atoms with Crippen LogP contribution >= 0.6 is 0 Å². The molecule has 0 fully saturated rings. The van der Waals surface area contributed by atoms with Crippen molar-refractivity contribution in [3.05, 3.63) is 34.9 Å². The van der Waals surface area contributed by atoms with Gasteiger partial charge in [0, 0.05) is 12.1 Å². The van der Waals surface area contributed by atoms with Gasteiger partial charge in [-0.15, -0.1) is 0 Å². The normalized spacial score (nSPS) is 17.9. The lowest BCUT2D eigenvalue weighted by Gasteiger charge is -2.19. The first kappa shape index (κ1) is 8.28. The second-order valence-corrected chi connectivity index (χ2v) is 3.96. The molecule has 2 rings (SSSR count). The molecule has 1 aliphatic heterocycles. The molecule has 1 aliphatic rings. The van der Waals surface area contributed by atoms with Gasteiger partial charge in [0.1, 0.15) is 0 Å². The van der Waals surface area contributed by atoms with Gasteiger partial charge in [-0.3, -0.25) is 0 Å². The van der Waals surface area contributed by atoms with Crippen LogP contribution in [0.5, 0.6) is 0 Å². The molecule has 0 saturated carbocycles. The van der Waals surface area contributed by atoms with E-state index < -0.39 is 0 Å². The van der Waals surface area contributed by atoms with Crippen molar-refractivity contribution >= 4 is 0 Å². The molecule has 0 aliphatic carbocycles. The molecule has 13 heavy (non-hydrogen) atoms. The molecule has 0 spiro atoms. The van der Waals surface area contributed by atoms with Crippen molar-refractivity contribution in [2.45, 2.75) is 25.9 Å². The number of hydrogen-bond donors (Lipinski definition) is 1. The highest BCUT2D eigenvalue weighted by molar-refractivity contribution is 5.43. The van der Waals surface area contributed by atoms with E-state index in [-0.39, 0.29) is 5.54 Å². The van der Waals surface area contributed by atoms with Crippen LogP contribution < -0.4 is 5.32 Å². The van der Waals surface area contributed by atoms with Crippen LogP contribution in [0.25, 0.3) is 0 Å². The van der Waals surface area contributed by atoms with Gasteiger partial charge in [-0.1, -0.05) is 6.07 Å². The fourth-order valence-corrected chi connectivity index (χ4v) is 1.79. The second kappa shape index (κ2) is 2.58. The summed E-state index contributed by atoms with van der Waals surface area (Å²) in [5.74, 6) is 0. The van der Waals surface area contributed by atoms with E-state index in [9.17, 15) is 0 Å². The van der Waals surface area contributed by atoms with Gasteiger partial charge in [0.15, 0.2) is 0 Å². The molecule has 0 radical (unpaired) electrons. The number of benzene rings is 1. The Kier molecular flexibility index (Phi) is 1.64. The molecule has 0 aromatic heterocycles. The molecule has 2 nitrogen and oxygen atoms in total. The summed E-state index contributed by atoms with van der Waals surface area (Å²) in [5.41, 5.74) is 3.33. The number of rotatable bonds is 0. The van der Waals surface area contributed by atoms with Crippen molar-refractivity contribution in [3.8, 4) is 6.07 Å². The van der Waals surface area contributed by atoms with Gasteiger partial charge in [-0.05, 0) is 37.1 Å². The third-order valence-corrected chi connectivity index (χ3v) is 2.63. The molecule has 1 aromatic carbocycles. The van der Waals surface area contributed by atoms with Crippen LogP contribution in [0.15, 0.2) is 18.2 Å². The van der Waals surface area contributed by atoms with Gasteiger partial charge in [0.25, 0.3) is 0 Å². The van der Waals surface area contributed by atoms with Crippen molar-refractivity contribution in [2.75, 3.05) is 0 Å². The molecule has 2 heteroatoms. The average Bonchev–Trinajstić information content (AvgIpc) is 2.42. The van der Waals surface area contributed by atoms with Crippen molar-refractivity contribution < 1.29 is 0 Å². The maximum atomic E-state index is 8.77. The van der Waals surface area contributed by atoms with E-state index in [1.54, 1.807) is 0 Å². The smallest absolute Gasteiger partial charge is 0.0991 e. The topological polar surface area (TPSA) is 35.8 Å². The molecular weight excluding hydrogens is 160 g/mol. The van der Waals surface area contributed by atoms with Crippen molar-refractivity contribution in [2.24, 2.45) is 0 Å². The molecule has 1 heterocycles. The first-order chi connectivity index (χ1) is 6.13. The quantitative estimate of drug-likeness (QED) is 0.648. The summed E-state index contributed by atoms with van der Waals surface area (Å²) in [6, 6.07) is 8.06. The number of hydrogen-bond acceptors (Lipinski definition) is 2. The van der Waals surface area contributed by atoms with Gasteiger partial charge in [0.2, 0.25) is 0 Å². The Hall–Kier alpha value is -1.33. The highest BCUT2D eigenvalue weighted by Crippen LogP contribution is 2.30. The lowest BCUT2D eigenvalue weighted by atomic mass is 9.93. The zero-order valence-corrected chi connectivity index (χ0v) is 7.89. The standard InChI is InChI=1S/C11H12N2/c1-11(2)10-5-8(6-12)3-4-9(10)7-13-11/h3-5,13H,7H2,1-2H3. The van der Waals surface area contributed by atoms with E-state index in [1.165, 1.54) is 11.1 Å². The summed E-state index contributed by atoms with van der Waals surface area (Å²) < 4.78 is 0. The Labute approximate surface area is 78.2 Å². The van der Waals surface area contributed by atoms with E-state index in [1.807, 2.05) is 18.2 Å². The van der Waals surface area contributed by atoms with Crippen LogP contribution in [0.2, 0.25) is 0 Å². The van der Waals surface area contributed by atoms with E-state index in [2.05, 4.69) is 25.2 Å². The molecule has 0 atom stereocenters. The van der Waals surface area contributed by atoms with Crippen molar-refractivity contribution in [1.29, 1.82) is 5.26 Å². The monoisotopic (exact) mass is 172 g/mol. The SMILES string of the molecule is CC1(C)NCc2ccc(C#N)cc21. The number of nitrogens with zero attached hydrogens (tertiary/aromatic N) is 1. The maximum Gasteiger partial charge on any atom is 0.0991 e. The van der Waals surface area contributed by atoms with Crippen LogP contribution in [0.3, 0.4) is 0 Å². The van der Waals surface area contributed by atoms with E-state index in [4.69, 9.17) is 5.26 Å². The largest absolute Gasteiger partial charge is 0.304 e. The van der Waals surface area contributed by atoms with Crippen LogP contribution in [0.4, 0.5) is 0 Å². The van der Waals surface area contributed by atoms with Crippen LogP contribution in [-0.4, -0.2) is 0 Å². The van der Waals surface area contributed by atoms with Gasteiger partial charge >= 0.3 is 0 Å². The Bertz CT molecular complexity index is 386. The zero-order chi connectivity index (χ0) is 9.47. The van der Waals surface area contributed by atoms with Gasteiger partial charge < -0.3 is 5.32 Å². The molecule has 0 bridgehead atoms. The molecule has 0 saturated heterocycles. The van der Waals surface area contributed by atoms with Crippen molar-refractivity contribution in [3.63, 3.8) is 0 Å². The Balaban J connectivity index is 2.57. The first-order valence-electron chi connectivity index (χ1n) is 4.42. The third-order valence-electron chi connectivity index (χ3n) is 2.63. The lowest BCUT2D eigenvalue weighted by Crippen LogP contribution is -2.28. The average molecular weight is 172 g/mol. The Morgan fingerprint density at radius 3 is 2.92 bits per heavy atom. The summed E-state index contributed by atoms with van der Waals surface area (Å²) in [5, 5.41) is 12.2. The molecular formula is C11H12N2. The van der Waals surface area contributed by atoms with Crippen LogP contribution in [0.1, 0.15) is 30.5 Å². The highest BCUT2D eigenvalue weighted by atomic mass is 15.0. The zero-order valence-electron chi connectivity index (χ0n) is 7.89. The summed E-state index contributed by atoms with van der Waals surface area (Å²) in [6.07, 6.45) is 0. The summed E-state index contributed by atoms with van der Waals surface area (Å²) in [7, 11) is 0. The van der Waals surface area contributed by atoms with Gasteiger partial charge in [-0.2, -0.15) is 5.26 Å². The number of fused-ring (bicyclic) bond motifs is 1. The lowest BCUT2D eigenvalue weighted by molar-refractivity contribution is 0.442. The predicted octanol–water partition coefficient (Wildman–Crippen LogP) is 1.90. The van der Waals surface area contributed by atoms with E-state index in [0.717, 1.165) is 12.1 Å². The van der Waals surface area contributed by atoms with Gasteiger partial charge in [0.05, 0.1) is 11.6 Å².